The molecule has 1 fully saturated rings. The van der Waals surface area contributed by atoms with Crippen molar-refractivity contribution in [1.82, 2.24) is 18.6 Å². The van der Waals surface area contributed by atoms with Crippen molar-refractivity contribution in [3.8, 4) is 0 Å². The maximum Gasteiger partial charge on any atom is 0.246 e. The van der Waals surface area contributed by atoms with Crippen LogP contribution in [0.1, 0.15) is 11.3 Å². The molecule has 3 heterocycles. The Labute approximate surface area is 180 Å². The van der Waals surface area contributed by atoms with E-state index < -0.39 is 10.0 Å². The van der Waals surface area contributed by atoms with E-state index in [0.29, 0.717) is 29.6 Å². The Hall–Kier alpha value is -2.68. The van der Waals surface area contributed by atoms with Crippen LogP contribution < -0.4 is 0 Å². The summed E-state index contributed by atoms with van der Waals surface area (Å²) < 4.78 is 28.6. The fourth-order valence-corrected chi connectivity index (χ4v) is 5.21. The molecule has 9 heteroatoms. The number of nitrogens with zero attached hydrogens (tertiary/aromatic N) is 4. The summed E-state index contributed by atoms with van der Waals surface area (Å²) in [5.74, 6) is -0.217. The van der Waals surface area contributed by atoms with Crippen LogP contribution in [-0.2, 0) is 20.6 Å². The van der Waals surface area contributed by atoms with Crippen LogP contribution in [0.2, 0.25) is 5.15 Å². The van der Waals surface area contributed by atoms with E-state index in [2.05, 4.69) is 4.98 Å². The van der Waals surface area contributed by atoms with Gasteiger partial charge in [-0.1, -0.05) is 48.0 Å². The number of fused-ring (bicyclic) bond motifs is 1. The van der Waals surface area contributed by atoms with Gasteiger partial charge >= 0.3 is 0 Å². The van der Waals surface area contributed by atoms with Crippen LogP contribution in [0.3, 0.4) is 0 Å². The van der Waals surface area contributed by atoms with Gasteiger partial charge in [0.05, 0.1) is 11.4 Å². The average Bonchev–Trinajstić information content (AvgIpc) is 3.07. The molecule has 1 aliphatic heterocycles. The molecule has 1 amide bonds. The lowest BCUT2D eigenvalue weighted by atomic mass is 10.2. The Morgan fingerprint density at radius 3 is 2.47 bits per heavy atom. The number of imidazole rings is 1. The molecule has 0 aliphatic carbocycles. The van der Waals surface area contributed by atoms with Gasteiger partial charge in [0.25, 0.3) is 0 Å². The lowest BCUT2D eigenvalue weighted by Crippen LogP contribution is -2.50. The molecule has 1 aromatic carbocycles. The van der Waals surface area contributed by atoms with Crippen molar-refractivity contribution in [3.05, 3.63) is 77.2 Å². The number of piperazine rings is 1. The van der Waals surface area contributed by atoms with Crippen LogP contribution in [0.5, 0.6) is 0 Å². The van der Waals surface area contributed by atoms with E-state index in [1.54, 1.807) is 27.5 Å². The van der Waals surface area contributed by atoms with Gasteiger partial charge < -0.3 is 4.90 Å². The van der Waals surface area contributed by atoms with Crippen LogP contribution in [0.4, 0.5) is 0 Å². The molecule has 0 atom stereocenters. The lowest BCUT2D eigenvalue weighted by molar-refractivity contribution is -0.127. The van der Waals surface area contributed by atoms with Gasteiger partial charge in [0.15, 0.2) is 5.15 Å². The van der Waals surface area contributed by atoms with Gasteiger partial charge in [0.1, 0.15) is 5.65 Å². The number of hydrogen-bond donors (Lipinski definition) is 0. The molecule has 156 valence electrons. The summed E-state index contributed by atoms with van der Waals surface area (Å²) in [7, 11) is -3.41. The second-order valence-electron chi connectivity index (χ2n) is 7.02. The molecular formula is C21H21ClN4O3S. The minimum absolute atomic E-state index is 0.0333. The normalized spacial score (nSPS) is 15.8. The first-order valence-electron chi connectivity index (χ1n) is 9.55. The van der Waals surface area contributed by atoms with Crippen molar-refractivity contribution >= 4 is 39.3 Å². The van der Waals surface area contributed by atoms with E-state index in [1.165, 1.54) is 10.4 Å². The summed E-state index contributed by atoms with van der Waals surface area (Å²) in [6.45, 7) is 1.26. The molecule has 1 aliphatic rings. The number of carbonyl (C=O) groups excluding carboxylic acids is 1. The van der Waals surface area contributed by atoms with Crippen molar-refractivity contribution in [1.29, 1.82) is 0 Å². The molecule has 1 saturated heterocycles. The summed E-state index contributed by atoms with van der Waals surface area (Å²) in [4.78, 5) is 18.5. The molecule has 0 bridgehead atoms. The van der Waals surface area contributed by atoms with E-state index in [4.69, 9.17) is 11.6 Å². The summed E-state index contributed by atoms with van der Waals surface area (Å²) in [6, 6.07) is 14.7. The van der Waals surface area contributed by atoms with Crippen LogP contribution in [0, 0.1) is 0 Å². The van der Waals surface area contributed by atoms with Crippen molar-refractivity contribution in [3.63, 3.8) is 0 Å². The van der Waals surface area contributed by atoms with E-state index in [1.807, 2.05) is 42.6 Å². The zero-order chi connectivity index (χ0) is 21.1. The molecular weight excluding hydrogens is 424 g/mol. The number of carbonyl (C=O) groups is 1. The summed E-state index contributed by atoms with van der Waals surface area (Å²) in [5.41, 5.74) is 2.08. The smallest absolute Gasteiger partial charge is 0.246 e. The molecule has 0 unspecified atom stereocenters. The maximum absolute atomic E-state index is 12.7. The predicted octanol–water partition coefficient (Wildman–Crippen LogP) is 2.68. The monoisotopic (exact) mass is 444 g/mol. The van der Waals surface area contributed by atoms with E-state index in [0.717, 1.165) is 5.56 Å². The lowest BCUT2D eigenvalue weighted by Gasteiger charge is -2.33. The van der Waals surface area contributed by atoms with Gasteiger partial charge in [-0.2, -0.15) is 4.31 Å². The van der Waals surface area contributed by atoms with E-state index in [-0.39, 0.29) is 24.7 Å². The van der Waals surface area contributed by atoms with E-state index >= 15 is 0 Å². The molecule has 0 saturated carbocycles. The van der Waals surface area contributed by atoms with Gasteiger partial charge in [-0.15, -0.1) is 0 Å². The van der Waals surface area contributed by atoms with Gasteiger partial charge in [-0.25, -0.2) is 13.4 Å². The third-order valence-corrected chi connectivity index (χ3v) is 7.17. The molecule has 2 aromatic heterocycles. The highest BCUT2D eigenvalue weighted by Gasteiger charge is 2.28. The van der Waals surface area contributed by atoms with Crippen LogP contribution in [0.15, 0.2) is 60.8 Å². The summed E-state index contributed by atoms with van der Waals surface area (Å²) in [5, 5.41) is 0.321. The molecule has 7 nitrogen and oxygen atoms in total. The zero-order valence-electron chi connectivity index (χ0n) is 16.2. The molecule has 0 radical (unpaired) electrons. The fraction of sp³-hybridized carbons (Fsp3) is 0.238. The van der Waals surface area contributed by atoms with E-state index in [9.17, 15) is 13.2 Å². The molecule has 4 rings (SSSR count). The van der Waals surface area contributed by atoms with Crippen molar-refractivity contribution in [2.24, 2.45) is 0 Å². The fourth-order valence-electron chi connectivity index (χ4n) is 3.45. The minimum atomic E-state index is -3.41. The first-order chi connectivity index (χ1) is 14.4. The quantitative estimate of drug-likeness (QED) is 0.567. The second-order valence-corrected chi connectivity index (χ2v) is 9.34. The van der Waals surface area contributed by atoms with Crippen molar-refractivity contribution in [2.75, 3.05) is 26.2 Å². The maximum atomic E-state index is 12.7. The second kappa shape index (κ2) is 8.59. The third-order valence-electron chi connectivity index (χ3n) is 5.04. The summed E-state index contributed by atoms with van der Waals surface area (Å²) >= 11 is 6.19. The number of rotatable bonds is 5. The number of pyridine rings is 1. The summed E-state index contributed by atoms with van der Waals surface area (Å²) in [6.07, 6.45) is 4.92. The minimum Gasteiger partial charge on any atom is -0.337 e. The Bertz CT molecular complexity index is 1180. The van der Waals surface area contributed by atoms with Crippen molar-refractivity contribution in [2.45, 2.75) is 5.75 Å². The highest BCUT2D eigenvalue weighted by Crippen LogP contribution is 2.19. The number of halogens is 1. The Balaban J connectivity index is 1.38. The van der Waals surface area contributed by atoms with Crippen LogP contribution >= 0.6 is 11.6 Å². The zero-order valence-corrected chi connectivity index (χ0v) is 17.8. The SMILES string of the molecule is O=C(/C=C/c1c(Cl)nc2ccccn12)N1CCN(S(=O)(=O)Cc2ccccc2)CC1. The average molecular weight is 445 g/mol. The van der Waals surface area contributed by atoms with Gasteiger partial charge in [0, 0.05) is 38.5 Å². The highest BCUT2D eigenvalue weighted by atomic mass is 35.5. The molecule has 30 heavy (non-hydrogen) atoms. The first kappa shape index (κ1) is 20.6. The van der Waals surface area contributed by atoms with Gasteiger partial charge in [-0.05, 0) is 23.8 Å². The van der Waals surface area contributed by atoms with Crippen LogP contribution in [-0.4, -0.2) is 59.1 Å². The Morgan fingerprint density at radius 2 is 1.73 bits per heavy atom. The molecule has 3 aromatic rings. The standard InChI is InChI=1S/C21H21ClN4O3S/c22-21-18(26-11-5-4-8-19(26)23-21)9-10-20(27)24-12-14-25(15-13-24)30(28,29)16-17-6-2-1-3-7-17/h1-11H,12-16H2/b10-9+. The Kier molecular flexibility index (Phi) is 5.90. The van der Waals surface area contributed by atoms with Crippen molar-refractivity contribution < 1.29 is 13.2 Å². The predicted molar refractivity (Wildman–Crippen MR) is 116 cm³/mol. The topological polar surface area (TPSA) is 75.0 Å². The van der Waals surface area contributed by atoms with Crippen LogP contribution in [0.25, 0.3) is 11.7 Å². The largest absolute Gasteiger partial charge is 0.337 e. The number of aromatic nitrogens is 2. The molecule has 0 N–H and O–H groups in total. The van der Waals surface area contributed by atoms with Gasteiger partial charge in [0.2, 0.25) is 15.9 Å². The number of amides is 1. The van der Waals surface area contributed by atoms with Gasteiger partial charge in [-0.3, -0.25) is 9.20 Å². The number of sulfonamides is 1. The highest BCUT2D eigenvalue weighted by molar-refractivity contribution is 7.88. The number of benzene rings is 1. The molecule has 0 spiro atoms. The Morgan fingerprint density at radius 1 is 1.03 bits per heavy atom. The first-order valence-corrected chi connectivity index (χ1v) is 11.5. The number of hydrogen-bond acceptors (Lipinski definition) is 4. The third kappa shape index (κ3) is 4.40.